The number of hydrogen-bond donors (Lipinski definition) is 1. The Morgan fingerprint density at radius 3 is 3.00 bits per heavy atom. The largest absolute Gasteiger partial charge is 0.354 e. The van der Waals surface area contributed by atoms with Crippen molar-refractivity contribution in [1.29, 1.82) is 0 Å². The molecular weight excluding hydrogens is 286 g/mol. The van der Waals surface area contributed by atoms with Gasteiger partial charge in [0.05, 0.1) is 0 Å². The molecule has 0 aliphatic carbocycles. The van der Waals surface area contributed by atoms with Gasteiger partial charge in [-0.15, -0.1) is 0 Å². The lowest BCUT2D eigenvalue weighted by molar-refractivity contribution is -0.121. The van der Waals surface area contributed by atoms with Crippen LogP contribution in [0.5, 0.6) is 0 Å². The SMILES string of the molecule is CCC1CCCN(C(C)(C)CNC(=O)CCc2cccnc2)C1. The minimum Gasteiger partial charge on any atom is -0.354 e. The van der Waals surface area contributed by atoms with E-state index in [0.717, 1.165) is 37.5 Å². The van der Waals surface area contributed by atoms with E-state index in [-0.39, 0.29) is 11.4 Å². The summed E-state index contributed by atoms with van der Waals surface area (Å²) in [6.07, 6.45) is 8.74. The Morgan fingerprint density at radius 2 is 2.30 bits per heavy atom. The molecule has 1 aromatic rings. The van der Waals surface area contributed by atoms with Crippen LogP contribution in [0, 0.1) is 5.92 Å². The molecule has 1 aliphatic heterocycles. The number of nitrogens with zero attached hydrogens (tertiary/aromatic N) is 2. The van der Waals surface area contributed by atoms with E-state index in [4.69, 9.17) is 0 Å². The van der Waals surface area contributed by atoms with Gasteiger partial charge in [-0.2, -0.15) is 0 Å². The van der Waals surface area contributed by atoms with E-state index in [1.165, 1.54) is 19.3 Å². The molecule has 1 saturated heterocycles. The number of likely N-dealkylation sites (tertiary alicyclic amines) is 1. The molecule has 1 aliphatic rings. The lowest BCUT2D eigenvalue weighted by atomic mass is 9.91. The number of rotatable bonds is 7. The molecule has 0 spiro atoms. The van der Waals surface area contributed by atoms with Crippen molar-refractivity contribution in [2.75, 3.05) is 19.6 Å². The predicted octanol–water partition coefficient (Wildman–Crippen LogP) is 3.03. The van der Waals surface area contributed by atoms with Gasteiger partial charge in [0, 0.05) is 37.4 Å². The predicted molar refractivity (Wildman–Crippen MR) is 94.2 cm³/mol. The normalized spacial score (nSPS) is 19.5. The summed E-state index contributed by atoms with van der Waals surface area (Å²) < 4.78 is 0. The fraction of sp³-hybridized carbons (Fsp3) is 0.684. The number of carbonyl (C=O) groups excluding carboxylic acids is 1. The highest BCUT2D eigenvalue weighted by Crippen LogP contribution is 2.25. The molecule has 1 unspecified atom stereocenters. The first-order valence-electron chi connectivity index (χ1n) is 8.92. The quantitative estimate of drug-likeness (QED) is 0.841. The third kappa shape index (κ3) is 5.61. The second-order valence-corrected chi connectivity index (χ2v) is 7.31. The number of hydrogen-bond acceptors (Lipinski definition) is 3. The molecule has 1 N–H and O–H groups in total. The average Bonchev–Trinajstić information content (AvgIpc) is 2.59. The Labute approximate surface area is 140 Å². The Hall–Kier alpha value is -1.42. The van der Waals surface area contributed by atoms with Gasteiger partial charge >= 0.3 is 0 Å². The van der Waals surface area contributed by atoms with Crippen LogP contribution in [0.1, 0.15) is 52.0 Å². The molecule has 4 nitrogen and oxygen atoms in total. The number of aromatic nitrogens is 1. The van der Waals surface area contributed by atoms with Gasteiger partial charge < -0.3 is 5.32 Å². The summed E-state index contributed by atoms with van der Waals surface area (Å²) in [5.74, 6) is 0.940. The van der Waals surface area contributed by atoms with Crippen LogP contribution in [0.4, 0.5) is 0 Å². The summed E-state index contributed by atoms with van der Waals surface area (Å²) in [5.41, 5.74) is 1.14. The van der Waals surface area contributed by atoms with Gasteiger partial charge in [-0.05, 0) is 57.2 Å². The van der Waals surface area contributed by atoms with Crippen LogP contribution in [0.25, 0.3) is 0 Å². The number of pyridine rings is 1. The van der Waals surface area contributed by atoms with Crippen LogP contribution in [-0.2, 0) is 11.2 Å². The zero-order valence-corrected chi connectivity index (χ0v) is 14.8. The van der Waals surface area contributed by atoms with E-state index in [1.807, 2.05) is 18.3 Å². The fourth-order valence-corrected chi connectivity index (χ4v) is 3.27. The van der Waals surface area contributed by atoms with Crippen LogP contribution in [0.2, 0.25) is 0 Å². The van der Waals surface area contributed by atoms with Gasteiger partial charge in [-0.1, -0.05) is 19.4 Å². The smallest absolute Gasteiger partial charge is 0.220 e. The van der Waals surface area contributed by atoms with Crippen molar-refractivity contribution in [2.45, 2.75) is 58.4 Å². The summed E-state index contributed by atoms with van der Waals surface area (Å²) >= 11 is 0. The Kier molecular flexibility index (Phi) is 6.58. The van der Waals surface area contributed by atoms with E-state index in [2.05, 4.69) is 36.0 Å². The molecule has 23 heavy (non-hydrogen) atoms. The van der Waals surface area contributed by atoms with Crippen LogP contribution < -0.4 is 5.32 Å². The van der Waals surface area contributed by atoms with Crippen molar-refractivity contribution in [3.05, 3.63) is 30.1 Å². The Balaban J connectivity index is 1.75. The molecule has 2 heterocycles. The molecule has 0 aromatic carbocycles. The van der Waals surface area contributed by atoms with Gasteiger partial charge in [-0.25, -0.2) is 0 Å². The molecule has 0 saturated carbocycles. The summed E-state index contributed by atoms with van der Waals surface area (Å²) in [5, 5.41) is 3.12. The molecule has 1 fully saturated rings. The van der Waals surface area contributed by atoms with Gasteiger partial charge in [0.2, 0.25) is 5.91 Å². The molecule has 4 heteroatoms. The molecule has 1 amide bonds. The van der Waals surface area contributed by atoms with Crippen LogP contribution >= 0.6 is 0 Å². The third-order valence-corrected chi connectivity index (χ3v) is 5.03. The van der Waals surface area contributed by atoms with Crippen molar-refractivity contribution in [1.82, 2.24) is 15.2 Å². The topological polar surface area (TPSA) is 45.2 Å². The molecule has 0 bridgehead atoms. The summed E-state index contributed by atoms with van der Waals surface area (Å²) in [4.78, 5) is 18.7. The van der Waals surface area contributed by atoms with E-state index in [9.17, 15) is 4.79 Å². The van der Waals surface area contributed by atoms with Crippen molar-refractivity contribution in [2.24, 2.45) is 5.92 Å². The summed E-state index contributed by atoms with van der Waals surface area (Å²) in [6.45, 7) is 9.79. The maximum Gasteiger partial charge on any atom is 0.220 e. The lowest BCUT2D eigenvalue weighted by Gasteiger charge is -2.43. The van der Waals surface area contributed by atoms with Crippen molar-refractivity contribution < 1.29 is 4.79 Å². The highest BCUT2D eigenvalue weighted by molar-refractivity contribution is 5.76. The van der Waals surface area contributed by atoms with Crippen molar-refractivity contribution in [3.8, 4) is 0 Å². The Bertz CT molecular complexity index is 487. The second kappa shape index (κ2) is 8.44. The Morgan fingerprint density at radius 1 is 1.48 bits per heavy atom. The van der Waals surface area contributed by atoms with Gasteiger partial charge in [0.1, 0.15) is 0 Å². The average molecular weight is 317 g/mol. The first kappa shape index (κ1) is 17.9. The highest BCUT2D eigenvalue weighted by Gasteiger charge is 2.31. The molecule has 1 aromatic heterocycles. The van der Waals surface area contributed by atoms with E-state index in [0.29, 0.717) is 6.42 Å². The van der Waals surface area contributed by atoms with Crippen LogP contribution in [-0.4, -0.2) is 41.0 Å². The minimum atomic E-state index is 0.0256. The van der Waals surface area contributed by atoms with Crippen LogP contribution in [0.3, 0.4) is 0 Å². The van der Waals surface area contributed by atoms with E-state index < -0.39 is 0 Å². The zero-order valence-electron chi connectivity index (χ0n) is 14.8. The monoisotopic (exact) mass is 317 g/mol. The third-order valence-electron chi connectivity index (χ3n) is 5.03. The molecule has 128 valence electrons. The van der Waals surface area contributed by atoms with E-state index in [1.54, 1.807) is 6.20 Å². The number of nitrogens with one attached hydrogen (secondary N) is 1. The van der Waals surface area contributed by atoms with Gasteiger partial charge in [0.15, 0.2) is 0 Å². The molecule has 0 radical (unpaired) electrons. The fourth-order valence-electron chi connectivity index (χ4n) is 3.27. The first-order valence-corrected chi connectivity index (χ1v) is 8.92. The molecular formula is C19H31N3O. The van der Waals surface area contributed by atoms with Crippen molar-refractivity contribution >= 4 is 5.91 Å². The number of carbonyl (C=O) groups is 1. The first-order chi connectivity index (χ1) is 11.0. The zero-order chi connectivity index (χ0) is 16.7. The highest BCUT2D eigenvalue weighted by atomic mass is 16.1. The standard InChI is InChI=1S/C19H31N3O/c1-4-16-8-6-12-22(14-16)19(2,3)15-21-18(23)10-9-17-7-5-11-20-13-17/h5,7,11,13,16H,4,6,8-10,12,14-15H2,1-3H3,(H,21,23). The van der Waals surface area contributed by atoms with E-state index >= 15 is 0 Å². The van der Waals surface area contributed by atoms with Gasteiger partial charge in [0.25, 0.3) is 0 Å². The summed E-state index contributed by atoms with van der Waals surface area (Å²) in [6, 6.07) is 3.93. The molecule has 1 atom stereocenters. The number of aryl methyl sites for hydroxylation is 1. The number of amides is 1. The summed E-state index contributed by atoms with van der Waals surface area (Å²) in [7, 11) is 0. The maximum atomic E-state index is 12.1. The van der Waals surface area contributed by atoms with Crippen molar-refractivity contribution in [3.63, 3.8) is 0 Å². The number of piperidine rings is 1. The van der Waals surface area contributed by atoms with Gasteiger partial charge in [-0.3, -0.25) is 14.7 Å². The molecule has 2 rings (SSSR count). The minimum absolute atomic E-state index is 0.0256. The maximum absolute atomic E-state index is 12.1. The lowest BCUT2D eigenvalue weighted by Crippen LogP contribution is -2.54. The second-order valence-electron chi connectivity index (χ2n) is 7.31. The van der Waals surface area contributed by atoms with Crippen LogP contribution in [0.15, 0.2) is 24.5 Å².